The Labute approximate surface area is 241 Å². The maximum Gasteiger partial charge on any atom is 0.269 e. The minimum absolute atomic E-state index is 0.0978. The Hall–Kier alpha value is -3.12. The molecule has 11 heteroatoms. The van der Waals surface area contributed by atoms with Crippen LogP contribution in [-0.4, -0.2) is 54.2 Å². The van der Waals surface area contributed by atoms with E-state index in [0.29, 0.717) is 24.2 Å². The first kappa shape index (κ1) is 29.4. The lowest BCUT2D eigenvalue weighted by Crippen LogP contribution is -2.46. The summed E-state index contributed by atoms with van der Waals surface area (Å²) in [6.45, 7) is 6.13. The van der Waals surface area contributed by atoms with Crippen molar-refractivity contribution in [2.75, 3.05) is 23.0 Å². The molecule has 2 saturated heterocycles. The number of benzene rings is 2. The molecule has 0 radical (unpaired) electrons. The van der Waals surface area contributed by atoms with Crippen LogP contribution in [0, 0.1) is 16.0 Å². The number of non-ortho nitro benzene ring substituents is 1. The highest BCUT2D eigenvalue weighted by atomic mass is 28.4. The van der Waals surface area contributed by atoms with E-state index in [-0.39, 0.29) is 42.6 Å². The van der Waals surface area contributed by atoms with E-state index < -0.39 is 30.9 Å². The van der Waals surface area contributed by atoms with Gasteiger partial charge in [0.2, 0.25) is 5.91 Å². The number of amides is 2. The number of nitrogens with zero attached hydrogens (tertiary/aromatic N) is 3. The predicted molar refractivity (Wildman–Crippen MR) is 157 cm³/mol. The number of hydrogen-bond acceptors (Lipinski definition) is 7. The van der Waals surface area contributed by atoms with Crippen molar-refractivity contribution < 1.29 is 29.2 Å². The highest BCUT2D eigenvalue weighted by Gasteiger charge is 2.66. The van der Waals surface area contributed by atoms with E-state index in [1.807, 2.05) is 36.1 Å². The molecule has 0 saturated carbocycles. The van der Waals surface area contributed by atoms with Crippen LogP contribution >= 0.6 is 0 Å². The minimum atomic E-state index is -2.88. The van der Waals surface area contributed by atoms with Crippen molar-refractivity contribution in [2.24, 2.45) is 5.92 Å². The molecule has 0 aliphatic carbocycles. The highest BCUT2D eigenvalue weighted by Crippen LogP contribution is 2.60. The van der Waals surface area contributed by atoms with E-state index in [4.69, 9.17) is 4.74 Å². The summed E-state index contributed by atoms with van der Waals surface area (Å²) in [5, 5.41) is 21.5. The van der Waals surface area contributed by atoms with Gasteiger partial charge in [0, 0.05) is 54.4 Å². The molecule has 0 bridgehead atoms. The standard InChI is InChI=1S/C30H39N3O7Si/c1-20-28(41(2,3)39)26(14-16-34)40-30(20)24-18-23(33(37)38)12-13-25(24)32(29(30)36)19-21-9-8-10-22(17-21)31-15-7-5-4-6-11-27(31)35/h8-10,12-13,17-18,20,26,28,34,39H,4-7,11,14-16,19H2,1-3H3/t20-,26+,28-,30+/m0/s1. The van der Waals surface area contributed by atoms with Gasteiger partial charge in [0.1, 0.15) is 0 Å². The molecular weight excluding hydrogens is 542 g/mol. The molecule has 220 valence electrons. The summed E-state index contributed by atoms with van der Waals surface area (Å²) in [7, 11) is -2.88. The fourth-order valence-electron chi connectivity index (χ4n) is 7.17. The molecule has 41 heavy (non-hydrogen) atoms. The highest BCUT2D eigenvalue weighted by molar-refractivity contribution is 6.71. The van der Waals surface area contributed by atoms with Crippen LogP contribution < -0.4 is 9.80 Å². The van der Waals surface area contributed by atoms with Crippen LogP contribution in [0.4, 0.5) is 17.1 Å². The topological polar surface area (TPSA) is 133 Å². The summed E-state index contributed by atoms with van der Waals surface area (Å²) < 4.78 is 6.55. The van der Waals surface area contributed by atoms with E-state index in [1.165, 1.54) is 12.1 Å². The zero-order valence-corrected chi connectivity index (χ0v) is 24.9. The van der Waals surface area contributed by atoms with Gasteiger partial charge >= 0.3 is 0 Å². The van der Waals surface area contributed by atoms with Crippen LogP contribution in [0.15, 0.2) is 42.5 Å². The van der Waals surface area contributed by atoms with Gasteiger partial charge < -0.3 is 24.4 Å². The van der Waals surface area contributed by atoms with E-state index in [9.17, 15) is 29.6 Å². The van der Waals surface area contributed by atoms with Crippen molar-refractivity contribution in [1.29, 1.82) is 0 Å². The van der Waals surface area contributed by atoms with E-state index in [0.717, 1.165) is 36.9 Å². The average molecular weight is 582 g/mol. The Morgan fingerprint density at radius 1 is 1.12 bits per heavy atom. The second kappa shape index (κ2) is 11.3. The number of carbonyl (C=O) groups excluding carboxylic acids is 2. The zero-order chi connectivity index (χ0) is 29.5. The Balaban J connectivity index is 1.55. The number of ether oxygens (including phenoxy) is 1. The van der Waals surface area contributed by atoms with Gasteiger partial charge in [0.05, 0.1) is 23.3 Å². The molecule has 3 aliphatic rings. The summed E-state index contributed by atoms with van der Waals surface area (Å²) in [5.74, 6) is -0.716. The lowest BCUT2D eigenvalue weighted by Gasteiger charge is -2.32. The lowest BCUT2D eigenvalue weighted by molar-refractivity contribution is -0.385. The third-order valence-corrected chi connectivity index (χ3v) is 11.5. The Kier molecular flexibility index (Phi) is 8.08. The minimum Gasteiger partial charge on any atom is -0.432 e. The predicted octanol–water partition coefficient (Wildman–Crippen LogP) is 4.62. The fraction of sp³-hybridized carbons (Fsp3) is 0.533. The van der Waals surface area contributed by atoms with Gasteiger partial charge in [-0.3, -0.25) is 19.7 Å². The molecule has 0 aromatic heterocycles. The largest absolute Gasteiger partial charge is 0.432 e. The number of nitro benzene ring substituents is 1. The molecule has 2 aromatic rings. The molecule has 1 spiro atoms. The van der Waals surface area contributed by atoms with Gasteiger partial charge in [-0.05, 0) is 56.1 Å². The summed E-state index contributed by atoms with van der Waals surface area (Å²) >= 11 is 0. The van der Waals surface area contributed by atoms with Crippen molar-refractivity contribution in [3.63, 3.8) is 0 Å². The Bertz CT molecular complexity index is 1350. The average Bonchev–Trinajstić information content (AvgIpc) is 3.33. The number of aliphatic hydroxyl groups excluding tert-OH is 1. The quantitative estimate of drug-likeness (QED) is 0.277. The maximum atomic E-state index is 14.5. The number of carbonyl (C=O) groups is 2. The van der Waals surface area contributed by atoms with Crippen molar-refractivity contribution >= 4 is 37.2 Å². The first-order chi connectivity index (χ1) is 19.5. The number of nitro groups is 1. The molecule has 10 nitrogen and oxygen atoms in total. The van der Waals surface area contributed by atoms with Crippen LogP contribution in [0.5, 0.6) is 0 Å². The summed E-state index contributed by atoms with van der Waals surface area (Å²) in [4.78, 5) is 53.3. The molecule has 2 fully saturated rings. The van der Waals surface area contributed by atoms with Crippen LogP contribution in [-0.2, 0) is 26.5 Å². The van der Waals surface area contributed by atoms with Gasteiger partial charge in [0.15, 0.2) is 13.9 Å². The van der Waals surface area contributed by atoms with Gasteiger partial charge in [-0.25, -0.2) is 0 Å². The van der Waals surface area contributed by atoms with Crippen molar-refractivity contribution in [3.05, 3.63) is 63.7 Å². The number of aliphatic hydroxyl groups is 1. The molecular formula is C30H39N3O7Si. The third-order valence-electron chi connectivity index (χ3n) is 8.98. The number of anilines is 2. The molecule has 5 rings (SSSR count). The fourth-order valence-corrected chi connectivity index (χ4v) is 9.77. The molecule has 3 aliphatic heterocycles. The molecule has 2 aromatic carbocycles. The van der Waals surface area contributed by atoms with Gasteiger partial charge in [-0.2, -0.15) is 0 Å². The number of hydrogen-bond donors (Lipinski definition) is 2. The van der Waals surface area contributed by atoms with Crippen molar-refractivity contribution in [1.82, 2.24) is 0 Å². The van der Waals surface area contributed by atoms with Crippen molar-refractivity contribution in [2.45, 2.75) is 82.3 Å². The molecule has 2 N–H and O–H groups in total. The first-order valence-corrected chi connectivity index (χ1v) is 17.5. The molecule has 4 atom stereocenters. The molecule has 0 unspecified atom stereocenters. The van der Waals surface area contributed by atoms with Crippen LogP contribution in [0.25, 0.3) is 0 Å². The summed E-state index contributed by atoms with van der Waals surface area (Å²) in [6.07, 6.45) is 4.15. The van der Waals surface area contributed by atoms with Gasteiger partial charge in [-0.1, -0.05) is 31.9 Å². The van der Waals surface area contributed by atoms with E-state index in [2.05, 4.69) is 0 Å². The monoisotopic (exact) mass is 581 g/mol. The number of rotatable bonds is 7. The third kappa shape index (κ3) is 5.20. The van der Waals surface area contributed by atoms with Crippen molar-refractivity contribution in [3.8, 4) is 0 Å². The van der Waals surface area contributed by atoms with E-state index >= 15 is 0 Å². The smallest absolute Gasteiger partial charge is 0.269 e. The summed E-state index contributed by atoms with van der Waals surface area (Å²) in [6, 6.07) is 12.0. The lowest BCUT2D eigenvalue weighted by atomic mass is 9.82. The number of fused-ring (bicyclic) bond motifs is 2. The molecule has 3 heterocycles. The van der Waals surface area contributed by atoms with Crippen LogP contribution in [0.1, 0.15) is 56.6 Å². The van der Waals surface area contributed by atoms with Crippen LogP contribution in [0.3, 0.4) is 0 Å². The normalized spacial score (nSPS) is 26.8. The van der Waals surface area contributed by atoms with Gasteiger partial charge in [0.25, 0.3) is 11.6 Å². The molecule has 2 amide bonds. The van der Waals surface area contributed by atoms with Crippen LogP contribution in [0.2, 0.25) is 18.6 Å². The Morgan fingerprint density at radius 3 is 2.59 bits per heavy atom. The zero-order valence-electron chi connectivity index (χ0n) is 23.9. The second-order valence-corrected chi connectivity index (χ2v) is 16.1. The first-order valence-electron chi connectivity index (χ1n) is 14.5. The summed E-state index contributed by atoms with van der Waals surface area (Å²) in [5.41, 5.74) is 0.527. The SMILES string of the molecule is C[C@H]1[C@H]([Si](C)(C)O)[C@@H](CCO)O[C@]12C(=O)N(Cc1cccc(N3CCCCCCC3=O)c1)c1ccc([N+](=O)[O-])cc12. The maximum absolute atomic E-state index is 14.5. The second-order valence-electron chi connectivity index (χ2n) is 12.1. The Morgan fingerprint density at radius 2 is 1.88 bits per heavy atom. The van der Waals surface area contributed by atoms with Gasteiger partial charge in [-0.15, -0.1) is 0 Å². The van der Waals surface area contributed by atoms with E-state index in [1.54, 1.807) is 24.1 Å².